The number of pyridine rings is 1. The van der Waals surface area contributed by atoms with E-state index in [0.29, 0.717) is 0 Å². The Bertz CT molecular complexity index is 294. The van der Waals surface area contributed by atoms with E-state index < -0.39 is 18.7 Å². The molecule has 0 spiro atoms. The number of aliphatic hydroxyl groups excluding tert-OH is 1. The number of hydrogen-bond donors (Lipinski definition) is 1. The molecule has 0 bridgehead atoms. The van der Waals surface area contributed by atoms with Crippen LogP contribution >= 0.6 is 0 Å². The van der Waals surface area contributed by atoms with Crippen LogP contribution in [0.25, 0.3) is 0 Å². The van der Waals surface area contributed by atoms with Gasteiger partial charge in [0.15, 0.2) is 0 Å². The summed E-state index contributed by atoms with van der Waals surface area (Å²) in [7, 11) is 0. The van der Waals surface area contributed by atoms with Gasteiger partial charge in [-0.2, -0.15) is 13.2 Å². The largest absolute Gasteiger partial charge is 0.391 e. The van der Waals surface area contributed by atoms with E-state index in [-0.39, 0.29) is 5.69 Å². The smallest absolute Gasteiger partial charge is 0.386 e. The van der Waals surface area contributed by atoms with E-state index in [2.05, 4.69) is 4.98 Å². The molecule has 0 amide bonds. The van der Waals surface area contributed by atoms with Gasteiger partial charge in [-0.3, -0.25) is 4.98 Å². The van der Waals surface area contributed by atoms with Crippen molar-refractivity contribution in [1.82, 2.24) is 4.98 Å². The Labute approximate surface area is 79.4 Å². The van der Waals surface area contributed by atoms with E-state index in [9.17, 15) is 13.2 Å². The molecule has 1 aromatic heterocycles. The maximum absolute atomic E-state index is 11.9. The predicted molar refractivity (Wildman–Crippen MR) is 44.6 cm³/mol. The molecule has 0 saturated carbocycles. The molecule has 0 aliphatic rings. The third-order valence-electron chi connectivity index (χ3n) is 1.70. The van der Waals surface area contributed by atoms with Crippen LogP contribution in [0, 0.1) is 6.92 Å². The Kier molecular flexibility index (Phi) is 3.10. The molecular formula is C9H10F3NO. The first-order chi connectivity index (χ1) is 6.38. The van der Waals surface area contributed by atoms with Gasteiger partial charge in [0.05, 0.1) is 12.1 Å². The number of aliphatic hydroxyl groups is 1. The fraction of sp³-hybridized carbons (Fsp3) is 0.444. The fourth-order valence-electron chi connectivity index (χ4n) is 1.00. The first-order valence-electron chi connectivity index (χ1n) is 4.06. The van der Waals surface area contributed by atoms with Crippen LogP contribution in [-0.2, 0) is 0 Å². The van der Waals surface area contributed by atoms with Crippen molar-refractivity contribution in [1.29, 1.82) is 0 Å². The Morgan fingerprint density at radius 3 is 2.50 bits per heavy atom. The van der Waals surface area contributed by atoms with Gasteiger partial charge in [-0.15, -0.1) is 0 Å². The highest BCUT2D eigenvalue weighted by molar-refractivity contribution is 5.13. The van der Waals surface area contributed by atoms with Crippen LogP contribution in [0.4, 0.5) is 13.2 Å². The molecule has 1 N–H and O–H groups in total. The third kappa shape index (κ3) is 3.33. The molecule has 0 aliphatic carbocycles. The van der Waals surface area contributed by atoms with Crippen LogP contribution in [0.1, 0.15) is 23.8 Å². The number of halogens is 3. The van der Waals surface area contributed by atoms with E-state index in [1.165, 1.54) is 12.3 Å². The molecule has 0 saturated heterocycles. The van der Waals surface area contributed by atoms with Gasteiger partial charge in [0.25, 0.3) is 0 Å². The standard InChI is InChI=1S/C9H10F3NO/c1-6-2-3-7(13-5-6)8(14)4-9(10,11)12/h2-3,5,8,14H,4H2,1H3. The molecule has 5 heteroatoms. The maximum atomic E-state index is 11.9. The number of rotatable bonds is 2. The summed E-state index contributed by atoms with van der Waals surface area (Å²) >= 11 is 0. The first-order valence-corrected chi connectivity index (χ1v) is 4.06. The molecule has 14 heavy (non-hydrogen) atoms. The SMILES string of the molecule is Cc1ccc(C(O)CC(F)(F)F)nc1. The van der Waals surface area contributed by atoms with Gasteiger partial charge >= 0.3 is 6.18 Å². The normalized spacial score (nSPS) is 14.1. The molecule has 1 atom stereocenters. The highest BCUT2D eigenvalue weighted by Crippen LogP contribution is 2.28. The molecule has 0 radical (unpaired) electrons. The van der Waals surface area contributed by atoms with E-state index in [1.54, 1.807) is 13.0 Å². The molecule has 0 aromatic carbocycles. The lowest BCUT2D eigenvalue weighted by Gasteiger charge is -2.12. The van der Waals surface area contributed by atoms with E-state index >= 15 is 0 Å². The van der Waals surface area contributed by atoms with Crippen molar-refractivity contribution < 1.29 is 18.3 Å². The molecule has 0 fully saturated rings. The summed E-state index contributed by atoms with van der Waals surface area (Å²) in [6.07, 6.45) is -5.78. The van der Waals surface area contributed by atoms with Crippen molar-refractivity contribution in [3.05, 3.63) is 29.6 Å². The Morgan fingerprint density at radius 1 is 1.43 bits per heavy atom. The summed E-state index contributed by atoms with van der Waals surface area (Å²) < 4.78 is 35.6. The highest BCUT2D eigenvalue weighted by Gasteiger charge is 2.32. The average molecular weight is 205 g/mol. The average Bonchev–Trinajstić information content (AvgIpc) is 2.02. The van der Waals surface area contributed by atoms with Gasteiger partial charge in [-0.1, -0.05) is 6.07 Å². The van der Waals surface area contributed by atoms with Crippen molar-refractivity contribution in [3.63, 3.8) is 0 Å². The van der Waals surface area contributed by atoms with Gasteiger partial charge in [0, 0.05) is 6.20 Å². The van der Waals surface area contributed by atoms with Crippen LogP contribution in [0.3, 0.4) is 0 Å². The van der Waals surface area contributed by atoms with Crippen LogP contribution < -0.4 is 0 Å². The van der Waals surface area contributed by atoms with Crippen molar-refractivity contribution in [2.75, 3.05) is 0 Å². The first kappa shape index (κ1) is 11.0. The lowest BCUT2D eigenvalue weighted by molar-refractivity contribution is -0.154. The second kappa shape index (κ2) is 3.96. The number of nitrogens with zero attached hydrogens (tertiary/aromatic N) is 1. The van der Waals surface area contributed by atoms with Crippen molar-refractivity contribution in [2.45, 2.75) is 25.6 Å². The topological polar surface area (TPSA) is 33.1 Å². The molecule has 1 aromatic rings. The zero-order valence-electron chi connectivity index (χ0n) is 7.54. The Morgan fingerprint density at radius 2 is 2.07 bits per heavy atom. The van der Waals surface area contributed by atoms with E-state index in [1.807, 2.05) is 0 Å². The molecule has 2 nitrogen and oxygen atoms in total. The molecule has 0 aliphatic heterocycles. The zero-order chi connectivity index (χ0) is 10.8. The maximum Gasteiger partial charge on any atom is 0.391 e. The molecule has 1 rings (SSSR count). The van der Waals surface area contributed by atoms with Gasteiger partial charge < -0.3 is 5.11 Å². The van der Waals surface area contributed by atoms with Crippen LogP contribution in [-0.4, -0.2) is 16.3 Å². The van der Waals surface area contributed by atoms with Gasteiger partial charge in [0.2, 0.25) is 0 Å². The Hall–Kier alpha value is -1.10. The summed E-state index contributed by atoms with van der Waals surface area (Å²) in [6, 6.07) is 3.01. The monoisotopic (exact) mass is 205 g/mol. The molecular weight excluding hydrogens is 195 g/mol. The lowest BCUT2D eigenvalue weighted by Crippen LogP contribution is -2.14. The van der Waals surface area contributed by atoms with Crippen LogP contribution in [0.15, 0.2) is 18.3 Å². The summed E-state index contributed by atoms with van der Waals surface area (Å²) in [5, 5.41) is 9.16. The minimum Gasteiger partial charge on any atom is -0.386 e. The summed E-state index contributed by atoms with van der Waals surface area (Å²) in [5.74, 6) is 0. The number of alkyl halides is 3. The van der Waals surface area contributed by atoms with Gasteiger partial charge in [-0.25, -0.2) is 0 Å². The minimum absolute atomic E-state index is 0.0490. The summed E-state index contributed by atoms with van der Waals surface area (Å²) in [4.78, 5) is 3.71. The molecule has 78 valence electrons. The molecule has 1 heterocycles. The lowest BCUT2D eigenvalue weighted by atomic mass is 10.1. The van der Waals surface area contributed by atoms with E-state index in [4.69, 9.17) is 5.11 Å². The van der Waals surface area contributed by atoms with Crippen molar-refractivity contribution in [2.24, 2.45) is 0 Å². The quantitative estimate of drug-likeness (QED) is 0.804. The number of hydrogen-bond acceptors (Lipinski definition) is 2. The number of aryl methyl sites for hydroxylation is 1. The second-order valence-corrected chi connectivity index (χ2v) is 3.10. The summed E-state index contributed by atoms with van der Waals surface area (Å²) in [5.41, 5.74) is 0.890. The van der Waals surface area contributed by atoms with E-state index in [0.717, 1.165) is 5.56 Å². The minimum atomic E-state index is -4.37. The highest BCUT2D eigenvalue weighted by atomic mass is 19.4. The molecule has 1 unspecified atom stereocenters. The second-order valence-electron chi connectivity index (χ2n) is 3.10. The van der Waals surface area contributed by atoms with Gasteiger partial charge in [0.1, 0.15) is 6.10 Å². The van der Waals surface area contributed by atoms with Gasteiger partial charge in [-0.05, 0) is 18.6 Å². The van der Waals surface area contributed by atoms with Crippen molar-refractivity contribution in [3.8, 4) is 0 Å². The van der Waals surface area contributed by atoms with Crippen LogP contribution in [0.5, 0.6) is 0 Å². The predicted octanol–water partition coefficient (Wildman–Crippen LogP) is 2.38. The Balaban J connectivity index is 2.70. The zero-order valence-corrected chi connectivity index (χ0v) is 7.54. The summed E-state index contributed by atoms with van der Waals surface area (Å²) in [6.45, 7) is 1.77. The van der Waals surface area contributed by atoms with Crippen LogP contribution in [0.2, 0.25) is 0 Å². The van der Waals surface area contributed by atoms with Crippen molar-refractivity contribution >= 4 is 0 Å². The number of aromatic nitrogens is 1. The fourth-order valence-corrected chi connectivity index (χ4v) is 1.00. The third-order valence-corrected chi connectivity index (χ3v) is 1.70.